The monoisotopic (exact) mass is 514 g/mol. The molecule has 0 spiro atoms. The molecule has 4 aliphatic rings. The van der Waals surface area contributed by atoms with Crippen molar-refractivity contribution in [3.8, 4) is 0 Å². The standard InChI is InChI=1S/C37H54O/c1-24(2)9-8-10-25(3)32-17-18-33-30-16-15-29-22-31(28-14-13-26-11-6-7-12-27(26)21-28)35(38)23-37(29,5)34(30)19-20-36(32,33)4/h6-7,11-14,21,24-25,29-35,38H,8-10,15-20,22-23H2,1-5H3/t25-,29+,30+,31+,32-,33+,34+,35-,36-,37+/m1/s1. The Morgan fingerprint density at radius 2 is 1.61 bits per heavy atom. The average molecular weight is 515 g/mol. The van der Waals surface area contributed by atoms with Crippen LogP contribution in [0.3, 0.4) is 0 Å². The van der Waals surface area contributed by atoms with Gasteiger partial charge in [-0.05, 0) is 120 Å². The van der Waals surface area contributed by atoms with Crippen LogP contribution in [0.2, 0.25) is 0 Å². The molecule has 1 N–H and O–H groups in total. The zero-order valence-electron chi connectivity index (χ0n) is 25.0. The molecule has 4 saturated carbocycles. The summed E-state index contributed by atoms with van der Waals surface area (Å²) >= 11 is 0. The molecule has 208 valence electrons. The summed E-state index contributed by atoms with van der Waals surface area (Å²) in [6, 6.07) is 15.6. The molecule has 10 atom stereocenters. The Kier molecular flexibility index (Phi) is 7.24. The van der Waals surface area contributed by atoms with Crippen LogP contribution in [0.5, 0.6) is 0 Å². The highest BCUT2D eigenvalue weighted by Gasteiger charge is 2.61. The summed E-state index contributed by atoms with van der Waals surface area (Å²) in [5.74, 6) is 6.35. The van der Waals surface area contributed by atoms with E-state index in [0.717, 1.165) is 47.8 Å². The van der Waals surface area contributed by atoms with E-state index in [2.05, 4.69) is 77.1 Å². The van der Waals surface area contributed by atoms with Gasteiger partial charge in [-0.3, -0.25) is 0 Å². The van der Waals surface area contributed by atoms with E-state index in [1.807, 2.05) is 0 Å². The van der Waals surface area contributed by atoms with E-state index >= 15 is 0 Å². The molecule has 2 aromatic rings. The van der Waals surface area contributed by atoms with E-state index in [0.29, 0.717) is 16.7 Å². The first-order chi connectivity index (χ1) is 18.2. The quantitative estimate of drug-likeness (QED) is 0.406. The van der Waals surface area contributed by atoms with Crippen LogP contribution in [0.1, 0.15) is 117 Å². The van der Waals surface area contributed by atoms with Crippen LogP contribution in [-0.4, -0.2) is 11.2 Å². The molecule has 0 radical (unpaired) electrons. The molecule has 1 heteroatoms. The predicted molar refractivity (Wildman–Crippen MR) is 161 cm³/mol. The van der Waals surface area contributed by atoms with Gasteiger partial charge in [0, 0.05) is 5.92 Å². The van der Waals surface area contributed by atoms with Gasteiger partial charge in [0.2, 0.25) is 0 Å². The molecule has 4 fully saturated rings. The number of rotatable bonds is 6. The van der Waals surface area contributed by atoms with E-state index in [1.165, 1.54) is 80.5 Å². The van der Waals surface area contributed by atoms with Crippen molar-refractivity contribution >= 4 is 10.8 Å². The number of aliphatic hydroxyl groups is 1. The molecule has 0 unspecified atom stereocenters. The van der Waals surface area contributed by atoms with Crippen LogP contribution in [0.15, 0.2) is 42.5 Å². The third-order valence-corrected chi connectivity index (χ3v) is 13.1. The summed E-state index contributed by atoms with van der Waals surface area (Å²) in [7, 11) is 0. The summed E-state index contributed by atoms with van der Waals surface area (Å²) in [5, 5.41) is 14.3. The predicted octanol–water partition coefficient (Wildman–Crippen LogP) is 10.0. The molecule has 2 aromatic carbocycles. The Hall–Kier alpha value is -1.34. The fourth-order valence-electron chi connectivity index (χ4n) is 11.1. The van der Waals surface area contributed by atoms with Crippen LogP contribution in [-0.2, 0) is 0 Å². The van der Waals surface area contributed by atoms with E-state index < -0.39 is 0 Å². The van der Waals surface area contributed by atoms with E-state index in [-0.39, 0.29) is 6.10 Å². The second-order valence-corrected chi connectivity index (χ2v) is 15.4. The van der Waals surface area contributed by atoms with Crippen molar-refractivity contribution < 1.29 is 5.11 Å². The van der Waals surface area contributed by atoms with E-state index in [9.17, 15) is 5.11 Å². The topological polar surface area (TPSA) is 20.2 Å². The molecule has 4 aliphatic carbocycles. The summed E-state index contributed by atoms with van der Waals surface area (Å²) in [4.78, 5) is 0. The number of aliphatic hydroxyl groups excluding tert-OH is 1. The number of benzene rings is 2. The number of fused-ring (bicyclic) bond motifs is 6. The lowest BCUT2D eigenvalue weighted by molar-refractivity contribution is -0.137. The third kappa shape index (κ3) is 4.48. The first kappa shape index (κ1) is 26.9. The normalized spacial score (nSPS) is 41.5. The van der Waals surface area contributed by atoms with Crippen molar-refractivity contribution in [2.75, 3.05) is 0 Å². The highest BCUT2D eigenvalue weighted by molar-refractivity contribution is 5.83. The van der Waals surface area contributed by atoms with Gasteiger partial charge in [0.05, 0.1) is 6.10 Å². The molecule has 0 aromatic heterocycles. The van der Waals surface area contributed by atoms with Crippen molar-refractivity contribution in [1.82, 2.24) is 0 Å². The molecule has 0 aliphatic heterocycles. The fourth-order valence-corrected chi connectivity index (χ4v) is 11.1. The highest BCUT2D eigenvalue weighted by Crippen LogP contribution is 2.69. The van der Waals surface area contributed by atoms with Crippen LogP contribution in [0.4, 0.5) is 0 Å². The molecule has 38 heavy (non-hydrogen) atoms. The smallest absolute Gasteiger partial charge is 0.0614 e. The minimum Gasteiger partial charge on any atom is -0.392 e. The van der Waals surface area contributed by atoms with Gasteiger partial charge >= 0.3 is 0 Å². The molecule has 1 nitrogen and oxygen atoms in total. The molecule has 0 amide bonds. The van der Waals surface area contributed by atoms with Gasteiger partial charge < -0.3 is 5.11 Å². The van der Waals surface area contributed by atoms with Gasteiger partial charge in [-0.1, -0.05) is 96.3 Å². The number of hydrogen-bond donors (Lipinski definition) is 1. The third-order valence-electron chi connectivity index (χ3n) is 13.1. The molecular weight excluding hydrogens is 460 g/mol. The largest absolute Gasteiger partial charge is 0.392 e. The molecule has 0 bridgehead atoms. The summed E-state index contributed by atoms with van der Waals surface area (Å²) in [5.41, 5.74) is 2.24. The van der Waals surface area contributed by atoms with Gasteiger partial charge in [-0.15, -0.1) is 0 Å². The van der Waals surface area contributed by atoms with Gasteiger partial charge in [-0.25, -0.2) is 0 Å². The van der Waals surface area contributed by atoms with Crippen LogP contribution in [0.25, 0.3) is 10.8 Å². The highest BCUT2D eigenvalue weighted by atomic mass is 16.3. The van der Waals surface area contributed by atoms with Gasteiger partial charge in [0.1, 0.15) is 0 Å². The Balaban J connectivity index is 1.18. The van der Waals surface area contributed by atoms with Crippen molar-refractivity contribution in [2.24, 2.45) is 52.3 Å². The zero-order valence-corrected chi connectivity index (χ0v) is 25.0. The first-order valence-electron chi connectivity index (χ1n) is 16.4. The second kappa shape index (κ2) is 10.2. The second-order valence-electron chi connectivity index (χ2n) is 15.4. The maximum Gasteiger partial charge on any atom is 0.0614 e. The van der Waals surface area contributed by atoms with Gasteiger partial charge in [-0.2, -0.15) is 0 Å². The van der Waals surface area contributed by atoms with Gasteiger partial charge in [0.15, 0.2) is 0 Å². The number of hydrogen-bond acceptors (Lipinski definition) is 1. The van der Waals surface area contributed by atoms with E-state index in [1.54, 1.807) is 0 Å². The fraction of sp³-hybridized carbons (Fsp3) is 0.730. The van der Waals surface area contributed by atoms with Crippen molar-refractivity contribution in [3.63, 3.8) is 0 Å². The van der Waals surface area contributed by atoms with Crippen LogP contribution < -0.4 is 0 Å². The Morgan fingerprint density at radius 1 is 0.842 bits per heavy atom. The Morgan fingerprint density at radius 3 is 2.39 bits per heavy atom. The van der Waals surface area contributed by atoms with Crippen molar-refractivity contribution in [3.05, 3.63) is 48.0 Å². The van der Waals surface area contributed by atoms with Gasteiger partial charge in [0.25, 0.3) is 0 Å². The minimum atomic E-state index is -0.207. The molecule has 0 heterocycles. The lowest BCUT2D eigenvalue weighted by Gasteiger charge is -2.62. The maximum atomic E-state index is 11.7. The summed E-state index contributed by atoms with van der Waals surface area (Å²) in [6.45, 7) is 12.7. The van der Waals surface area contributed by atoms with Crippen molar-refractivity contribution in [2.45, 2.75) is 117 Å². The summed E-state index contributed by atoms with van der Waals surface area (Å²) < 4.78 is 0. The minimum absolute atomic E-state index is 0.207. The molecule has 6 rings (SSSR count). The molecule has 0 saturated heterocycles. The Labute approximate surface area is 233 Å². The average Bonchev–Trinajstić information content (AvgIpc) is 3.25. The molecular formula is C37H54O. The lowest BCUT2D eigenvalue weighted by atomic mass is 9.43. The zero-order chi connectivity index (χ0) is 26.7. The lowest BCUT2D eigenvalue weighted by Crippen LogP contribution is -2.55. The first-order valence-corrected chi connectivity index (χ1v) is 16.4. The maximum absolute atomic E-state index is 11.7. The van der Waals surface area contributed by atoms with Crippen molar-refractivity contribution in [1.29, 1.82) is 0 Å². The van der Waals surface area contributed by atoms with E-state index in [4.69, 9.17) is 0 Å². The SMILES string of the molecule is CC(C)CCC[C@@H](C)[C@H]1CC[C@H]2[C@@H]3CC[C@H]4C[C@@H](c5ccc6ccccc6c5)[C@H](O)C[C@]4(C)[C@H]3CC[C@]12C. The van der Waals surface area contributed by atoms with Crippen LogP contribution >= 0.6 is 0 Å². The van der Waals surface area contributed by atoms with Crippen LogP contribution in [0, 0.1) is 52.3 Å². The Bertz CT molecular complexity index is 1120. The summed E-state index contributed by atoms with van der Waals surface area (Å²) in [6.07, 6.45) is 14.8.